The van der Waals surface area contributed by atoms with Crippen LogP contribution in [0.4, 0.5) is 5.69 Å². The summed E-state index contributed by atoms with van der Waals surface area (Å²) < 4.78 is 22.7. The number of halogens is 1. The van der Waals surface area contributed by atoms with Gasteiger partial charge in [-0.25, -0.2) is 18.5 Å². The van der Waals surface area contributed by atoms with Crippen LogP contribution in [-0.2, 0) is 16.6 Å². The Morgan fingerprint density at radius 1 is 1.03 bits per heavy atom. The van der Waals surface area contributed by atoms with Gasteiger partial charge in [0.25, 0.3) is 0 Å². The fraction of sp³-hybridized carbons (Fsp3) is 0.381. The quantitative estimate of drug-likeness (QED) is 0.185. The summed E-state index contributed by atoms with van der Waals surface area (Å²) in [5.41, 5.74) is 2.15. The molecule has 0 bridgehead atoms. The smallest absolute Gasteiger partial charge is 0.238 e. The molecule has 166 valence electrons. The van der Waals surface area contributed by atoms with Crippen LogP contribution in [0, 0.1) is 0 Å². The highest BCUT2D eigenvalue weighted by Crippen LogP contribution is 2.13. The molecule has 0 atom stereocenters. The van der Waals surface area contributed by atoms with E-state index in [0.29, 0.717) is 6.54 Å². The van der Waals surface area contributed by atoms with E-state index < -0.39 is 10.0 Å². The first-order valence-electron chi connectivity index (χ1n) is 9.88. The van der Waals surface area contributed by atoms with Gasteiger partial charge in [-0.05, 0) is 50.1 Å². The lowest BCUT2D eigenvalue weighted by molar-refractivity contribution is 0.598. The van der Waals surface area contributed by atoms with Crippen molar-refractivity contribution >= 4 is 45.6 Å². The van der Waals surface area contributed by atoms with Crippen molar-refractivity contribution in [2.45, 2.75) is 31.7 Å². The molecule has 0 radical (unpaired) electrons. The van der Waals surface area contributed by atoms with E-state index in [1.54, 1.807) is 12.1 Å². The summed E-state index contributed by atoms with van der Waals surface area (Å²) in [5, 5.41) is 11.7. The Hall–Kier alpha value is -1.85. The fourth-order valence-electron chi connectivity index (χ4n) is 2.88. The van der Waals surface area contributed by atoms with Gasteiger partial charge in [-0.15, -0.1) is 24.0 Å². The largest absolute Gasteiger partial charge is 0.372 e. The van der Waals surface area contributed by atoms with Crippen LogP contribution in [0.15, 0.2) is 64.5 Å². The third-order valence-electron chi connectivity index (χ3n) is 4.42. The molecule has 0 saturated carbocycles. The number of nitrogens with one attached hydrogen (secondary N) is 2. The highest BCUT2D eigenvalue weighted by molar-refractivity contribution is 14.0. The topological polar surface area (TPSA) is 99.8 Å². The van der Waals surface area contributed by atoms with Gasteiger partial charge >= 0.3 is 0 Å². The van der Waals surface area contributed by atoms with Crippen molar-refractivity contribution in [2.75, 3.05) is 31.1 Å². The molecular weight excluding hydrogens is 513 g/mol. The molecule has 0 fully saturated rings. The van der Waals surface area contributed by atoms with E-state index in [-0.39, 0.29) is 28.9 Å². The predicted molar refractivity (Wildman–Crippen MR) is 135 cm³/mol. The molecule has 0 amide bonds. The van der Waals surface area contributed by atoms with Crippen LogP contribution in [0.1, 0.15) is 25.8 Å². The second-order valence-electron chi connectivity index (χ2n) is 6.58. The number of aliphatic imine (C=N–C) groups is 1. The van der Waals surface area contributed by atoms with Gasteiger partial charge in [-0.2, -0.15) is 0 Å². The number of benzene rings is 2. The number of nitrogens with two attached hydrogens (primary N) is 1. The van der Waals surface area contributed by atoms with Crippen LogP contribution in [0.5, 0.6) is 0 Å². The molecule has 0 aliphatic heterocycles. The Kier molecular flexibility index (Phi) is 11.7. The van der Waals surface area contributed by atoms with Gasteiger partial charge in [0.05, 0.1) is 11.4 Å². The first kappa shape index (κ1) is 26.2. The molecule has 0 heterocycles. The van der Waals surface area contributed by atoms with Gasteiger partial charge in [0, 0.05) is 31.9 Å². The van der Waals surface area contributed by atoms with E-state index in [4.69, 9.17) is 5.14 Å². The minimum Gasteiger partial charge on any atom is -0.372 e. The summed E-state index contributed by atoms with van der Waals surface area (Å²) >= 11 is 0. The standard InChI is InChI=1S/C21H31N5O2S.HI/c1-3-23-21(25-17-18-11-13-20(14-12-18)29(22,27)28)24-15-8-16-26(4-2)19-9-6-5-7-10-19;/h5-7,9-14H,3-4,8,15-17H2,1-2H3,(H2,22,27,28)(H2,23,24,25);1H. The molecule has 0 saturated heterocycles. The predicted octanol–water partition coefficient (Wildman–Crippen LogP) is 2.92. The molecule has 30 heavy (non-hydrogen) atoms. The number of anilines is 1. The lowest BCUT2D eigenvalue weighted by Crippen LogP contribution is -2.38. The molecule has 0 spiro atoms. The Bertz CT molecular complexity index is 874. The van der Waals surface area contributed by atoms with E-state index in [9.17, 15) is 8.42 Å². The minimum atomic E-state index is -3.67. The summed E-state index contributed by atoms with van der Waals surface area (Å²) in [6.07, 6.45) is 0.982. The van der Waals surface area contributed by atoms with Crippen molar-refractivity contribution in [3.63, 3.8) is 0 Å². The number of nitrogens with zero attached hydrogens (tertiary/aromatic N) is 2. The van der Waals surface area contributed by atoms with E-state index in [1.807, 2.05) is 13.0 Å². The monoisotopic (exact) mass is 545 g/mol. The SMILES string of the molecule is CCNC(=NCc1ccc(S(N)(=O)=O)cc1)NCCCN(CC)c1ccccc1.I. The van der Waals surface area contributed by atoms with Crippen LogP contribution in [0.2, 0.25) is 0 Å². The lowest BCUT2D eigenvalue weighted by atomic mass is 10.2. The molecule has 7 nitrogen and oxygen atoms in total. The number of guanidine groups is 1. The van der Waals surface area contributed by atoms with Gasteiger partial charge in [-0.3, -0.25) is 0 Å². The highest BCUT2D eigenvalue weighted by atomic mass is 127. The van der Waals surface area contributed by atoms with Crippen molar-refractivity contribution in [2.24, 2.45) is 10.1 Å². The second-order valence-corrected chi connectivity index (χ2v) is 8.14. The van der Waals surface area contributed by atoms with Crippen LogP contribution >= 0.6 is 24.0 Å². The third kappa shape index (κ3) is 8.88. The molecule has 2 rings (SSSR count). The molecule has 4 N–H and O–H groups in total. The van der Waals surface area contributed by atoms with Gasteiger partial charge in [0.1, 0.15) is 0 Å². The summed E-state index contributed by atoms with van der Waals surface area (Å²) in [5.74, 6) is 0.741. The number of sulfonamides is 1. The Labute approximate surface area is 197 Å². The Balaban J connectivity index is 0.00000450. The molecule has 2 aromatic carbocycles. The molecule has 0 unspecified atom stereocenters. The van der Waals surface area contributed by atoms with E-state index >= 15 is 0 Å². The second kappa shape index (κ2) is 13.5. The van der Waals surface area contributed by atoms with Gasteiger partial charge in [0.15, 0.2) is 5.96 Å². The summed E-state index contributed by atoms with van der Waals surface area (Å²) in [7, 11) is -3.67. The zero-order valence-corrected chi connectivity index (χ0v) is 20.7. The Morgan fingerprint density at radius 3 is 2.27 bits per heavy atom. The van der Waals surface area contributed by atoms with Crippen LogP contribution in [0.25, 0.3) is 0 Å². The lowest BCUT2D eigenvalue weighted by Gasteiger charge is -2.23. The first-order valence-corrected chi connectivity index (χ1v) is 11.4. The van der Waals surface area contributed by atoms with Crippen molar-refractivity contribution in [3.05, 3.63) is 60.2 Å². The van der Waals surface area contributed by atoms with Crippen LogP contribution in [-0.4, -0.2) is 40.6 Å². The van der Waals surface area contributed by atoms with Gasteiger partial charge in [-0.1, -0.05) is 30.3 Å². The number of primary sulfonamides is 1. The summed E-state index contributed by atoms with van der Waals surface area (Å²) in [4.78, 5) is 7.02. The minimum absolute atomic E-state index is 0. The molecule has 0 aromatic heterocycles. The van der Waals surface area contributed by atoms with E-state index in [0.717, 1.165) is 44.1 Å². The van der Waals surface area contributed by atoms with Gasteiger partial charge in [0.2, 0.25) is 10.0 Å². The maximum atomic E-state index is 11.3. The number of hydrogen-bond acceptors (Lipinski definition) is 4. The number of hydrogen-bond donors (Lipinski definition) is 3. The average Bonchev–Trinajstić information content (AvgIpc) is 2.72. The summed E-state index contributed by atoms with van der Waals surface area (Å²) in [6, 6.07) is 16.9. The zero-order valence-electron chi connectivity index (χ0n) is 17.5. The molecule has 9 heteroatoms. The maximum absolute atomic E-state index is 11.3. The number of para-hydroxylation sites is 1. The van der Waals surface area contributed by atoms with Crippen LogP contribution < -0.4 is 20.7 Å². The molecule has 2 aromatic rings. The zero-order chi connectivity index (χ0) is 21.1. The van der Waals surface area contributed by atoms with Crippen LogP contribution in [0.3, 0.4) is 0 Å². The normalized spacial score (nSPS) is 11.5. The first-order chi connectivity index (χ1) is 13.9. The van der Waals surface area contributed by atoms with E-state index in [1.165, 1.54) is 17.8 Å². The average molecular weight is 545 g/mol. The van der Waals surface area contributed by atoms with Gasteiger partial charge < -0.3 is 15.5 Å². The van der Waals surface area contributed by atoms with Crippen molar-refractivity contribution in [1.82, 2.24) is 10.6 Å². The highest BCUT2D eigenvalue weighted by Gasteiger charge is 2.07. The number of rotatable bonds is 10. The molecule has 0 aliphatic rings. The Morgan fingerprint density at radius 2 is 1.70 bits per heavy atom. The molecular formula is C21H32IN5O2S. The maximum Gasteiger partial charge on any atom is 0.238 e. The summed E-state index contributed by atoms with van der Waals surface area (Å²) in [6.45, 7) is 8.13. The third-order valence-corrected chi connectivity index (χ3v) is 5.35. The van der Waals surface area contributed by atoms with Crippen molar-refractivity contribution < 1.29 is 8.42 Å². The van der Waals surface area contributed by atoms with E-state index in [2.05, 4.69) is 51.7 Å². The van der Waals surface area contributed by atoms with Crippen molar-refractivity contribution in [3.8, 4) is 0 Å². The van der Waals surface area contributed by atoms with Crippen molar-refractivity contribution in [1.29, 1.82) is 0 Å². The molecule has 0 aliphatic carbocycles. The fourth-order valence-corrected chi connectivity index (χ4v) is 3.40.